The molecule has 1 fully saturated rings. The summed E-state index contributed by atoms with van der Waals surface area (Å²) in [5.41, 5.74) is 0.427. The lowest BCUT2D eigenvalue weighted by Gasteiger charge is -2.17. The van der Waals surface area contributed by atoms with Gasteiger partial charge in [0.05, 0.1) is 13.0 Å². The third-order valence-corrected chi connectivity index (χ3v) is 3.32. The first kappa shape index (κ1) is 13.9. The Morgan fingerprint density at radius 1 is 1.37 bits per heavy atom. The van der Waals surface area contributed by atoms with Crippen molar-refractivity contribution in [3.05, 3.63) is 35.4 Å². The normalized spacial score (nSPS) is 16.2. The van der Waals surface area contributed by atoms with E-state index in [2.05, 4.69) is 5.32 Å². The molecule has 1 N–H and O–H groups in total. The summed E-state index contributed by atoms with van der Waals surface area (Å²) < 4.78 is 30.9. The standard InChI is InChI=1S/C14H17F2NO2/c1-2-19-13(18)5-8-17-14(6-7-14)10-3-4-11(15)12(16)9-10/h3-4,9,17H,2,5-8H2,1H3. The number of benzene rings is 1. The van der Waals surface area contributed by atoms with Gasteiger partial charge in [0, 0.05) is 12.1 Å². The van der Waals surface area contributed by atoms with Crippen LogP contribution in [0.5, 0.6) is 0 Å². The van der Waals surface area contributed by atoms with E-state index in [1.54, 1.807) is 13.0 Å². The third kappa shape index (κ3) is 3.29. The van der Waals surface area contributed by atoms with Gasteiger partial charge in [-0.25, -0.2) is 8.78 Å². The van der Waals surface area contributed by atoms with E-state index in [1.807, 2.05) is 0 Å². The number of nitrogens with one attached hydrogen (secondary N) is 1. The predicted molar refractivity (Wildman–Crippen MR) is 66.5 cm³/mol. The fraction of sp³-hybridized carbons (Fsp3) is 0.500. The van der Waals surface area contributed by atoms with Gasteiger partial charge >= 0.3 is 5.97 Å². The van der Waals surface area contributed by atoms with Crippen molar-refractivity contribution in [3.8, 4) is 0 Å². The van der Waals surface area contributed by atoms with Gasteiger partial charge in [0.1, 0.15) is 0 Å². The SMILES string of the molecule is CCOC(=O)CCNC1(c2ccc(F)c(F)c2)CC1. The second-order valence-electron chi connectivity index (χ2n) is 4.69. The van der Waals surface area contributed by atoms with Crippen molar-refractivity contribution in [2.75, 3.05) is 13.2 Å². The van der Waals surface area contributed by atoms with Crippen LogP contribution in [-0.2, 0) is 15.1 Å². The van der Waals surface area contributed by atoms with Gasteiger partial charge in [0.2, 0.25) is 0 Å². The Morgan fingerprint density at radius 2 is 2.11 bits per heavy atom. The minimum atomic E-state index is -0.842. The highest BCUT2D eigenvalue weighted by atomic mass is 19.2. The summed E-state index contributed by atoms with van der Waals surface area (Å²) in [6.07, 6.45) is 2.00. The van der Waals surface area contributed by atoms with E-state index in [-0.39, 0.29) is 17.9 Å². The van der Waals surface area contributed by atoms with E-state index in [4.69, 9.17) is 4.74 Å². The number of halogens is 2. The van der Waals surface area contributed by atoms with Gasteiger partial charge in [0.15, 0.2) is 11.6 Å². The maximum Gasteiger partial charge on any atom is 0.307 e. The minimum Gasteiger partial charge on any atom is -0.466 e. The smallest absolute Gasteiger partial charge is 0.307 e. The lowest BCUT2D eigenvalue weighted by molar-refractivity contribution is -0.143. The van der Waals surface area contributed by atoms with E-state index in [0.29, 0.717) is 13.2 Å². The Kier molecular flexibility index (Phi) is 4.14. The van der Waals surface area contributed by atoms with Crippen LogP contribution in [0.4, 0.5) is 8.78 Å². The molecule has 1 aromatic rings. The zero-order chi connectivity index (χ0) is 13.9. The maximum atomic E-state index is 13.2. The Morgan fingerprint density at radius 3 is 2.68 bits per heavy atom. The summed E-state index contributed by atoms with van der Waals surface area (Å²) in [5, 5.41) is 3.23. The number of esters is 1. The second-order valence-corrected chi connectivity index (χ2v) is 4.69. The summed E-state index contributed by atoms with van der Waals surface area (Å²) in [7, 11) is 0. The number of carbonyl (C=O) groups excluding carboxylic acids is 1. The number of rotatable bonds is 6. The fourth-order valence-corrected chi connectivity index (χ4v) is 2.12. The van der Waals surface area contributed by atoms with Crippen molar-refractivity contribution >= 4 is 5.97 Å². The van der Waals surface area contributed by atoms with Gasteiger partial charge in [-0.2, -0.15) is 0 Å². The molecule has 0 atom stereocenters. The van der Waals surface area contributed by atoms with Crippen LogP contribution in [0.15, 0.2) is 18.2 Å². The molecule has 2 rings (SSSR count). The van der Waals surface area contributed by atoms with Gasteiger partial charge < -0.3 is 10.1 Å². The van der Waals surface area contributed by atoms with Crippen LogP contribution < -0.4 is 5.32 Å². The highest BCUT2D eigenvalue weighted by molar-refractivity contribution is 5.69. The monoisotopic (exact) mass is 269 g/mol. The van der Waals surface area contributed by atoms with Gasteiger partial charge in [0.25, 0.3) is 0 Å². The topological polar surface area (TPSA) is 38.3 Å². The lowest BCUT2D eigenvalue weighted by atomic mass is 10.0. The maximum absolute atomic E-state index is 13.2. The Hall–Kier alpha value is -1.49. The highest BCUT2D eigenvalue weighted by Gasteiger charge is 2.44. The van der Waals surface area contributed by atoms with E-state index >= 15 is 0 Å². The average Bonchev–Trinajstić information content (AvgIpc) is 3.14. The molecule has 104 valence electrons. The molecule has 0 spiro atoms. The molecule has 0 aromatic heterocycles. The molecular formula is C14H17F2NO2. The molecule has 1 aromatic carbocycles. The van der Waals surface area contributed by atoms with Crippen molar-refractivity contribution in [1.29, 1.82) is 0 Å². The molecule has 5 heteroatoms. The molecule has 3 nitrogen and oxygen atoms in total. The number of hydrogen-bond acceptors (Lipinski definition) is 3. The fourth-order valence-electron chi connectivity index (χ4n) is 2.12. The molecule has 19 heavy (non-hydrogen) atoms. The molecule has 1 aliphatic rings. The molecule has 0 unspecified atom stereocenters. The van der Waals surface area contributed by atoms with E-state index < -0.39 is 11.6 Å². The van der Waals surface area contributed by atoms with Crippen molar-refractivity contribution in [3.63, 3.8) is 0 Å². The summed E-state index contributed by atoms with van der Waals surface area (Å²) in [6, 6.07) is 3.94. The summed E-state index contributed by atoms with van der Waals surface area (Å²) >= 11 is 0. The van der Waals surface area contributed by atoms with Crippen LogP contribution in [0.1, 0.15) is 31.7 Å². The van der Waals surface area contributed by atoms with Crippen molar-refractivity contribution in [2.24, 2.45) is 0 Å². The zero-order valence-corrected chi connectivity index (χ0v) is 10.8. The quantitative estimate of drug-likeness (QED) is 0.806. The summed E-state index contributed by atoms with van der Waals surface area (Å²) in [5.74, 6) is -1.93. The van der Waals surface area contributed by atoms with E-state index in [1.165, 1.54) is 6.07 Å². The van der Waals surface area contributed by atoms with Gasteiger partial charge in [-0.15, -0.1) is 0 Å². The van der Waals surface area contributed by atoms with E-state index in [9.17, 15) is 13.6 Å². The summed E-state index contributed by atoms with van der Waals surface area (Å²) in [6.45, 7) is 2.60. The largest absolute Gasteiger partial charge is 0.466 e. The Labute approximate surface area is 111 Å². The minimum absolute atomic E-state index is 0.254. The van der Waals surface area contributed by atoms with Crippen LogP contribution in [0.3, 0.4) is 0 Å². The van der Waals surface area contributed by atoms with Gasteiger partial charge in [-0.1, -0.05) is 6.07 Å². The Bertz CT molecular complexity index is 473. The molecule has 0 heterocycles. The van der Waals surface area contributed by atoms with Crippen molar-refractivity contribution < 1.29 is 18.3 Å². The molecule has 0 bridgehead atoms. The first-order valence-electron chi connectivity index (χ1n) is 6.43. The van der Waals surface area contributed by atoms with Crippen LogP contribution >= 0.6 is 0 Å². The number of carbonyl (C=O) groups is 1. The van der Waals surface area contributed by atoms with Crippen LogP contribution in [0.2, 0.25) is 0 Å². The number of ether oxygens (including phenoxy) is 1. The zero-order valence-electron chi connectivity index (χ0n) is 10.8. The molecule has 0 radical (unpaired) electrons. The molecular weight excluding hydrogens is 252 g/mol. The summed E-state index contributed by atoms with van der Waals surface area (Å²) in [4.78, 5) is 11.2. The third-order valence-electron chi connectivity index (χ3n) is 3.32. The molecule has 0 aliphatic heterocycles. The van der Waals surface area contributed by atoms with E-state index in [0.717, 1.165) is 24.5 Å². The molecule has 0 amide bonds. The Balaban J connectivity index is 1.92. The van der Waals surface area contributed by atoms with Crippen LogP contribution in [-0.4, -0.2) is 19.1 Å². The van der Waals surface area contributed by atoms with Crippen LogP contribution in [0.25, 0.3) is 0 Å². The van der Waals surface area contributed by atoms with Crippen molar-refractivity contribution in [1.82, 2.24) is 5.32 Å². The van der Waals surface area contributed by atoms with Gasteiger partial charge in [-0.05, 0) is 37.5 Å². The predicted octanol–water partition coefficient (Wildman–Crippen LogP) is 2.50. The lowest BCUT2D eigenvalue weighted by Crippen LogP contribution is -2.31. The first-order chi connectivity index (χ1) is 9.07. The highest BCUT2D eigenvalue weighted by Crippen LogP contribution is 2.45. The number of hydrogen-bond donors (Lipinski definition) is 1. The molecule has 1 aliphatic carbocycles. The van der Waals surface area contributed by atoms with Crippen molar-refractivity contribution in [2.45, 2.75) is 31.7 Å². The van der Waals surface area contributed by atoms with Gasteiger partial charge in [-0.3, -0.25) is 4.79 Å². The van der Waals surface area contributed by atoms with Crippen LogP contribution in [0, 0.1) is 11.6 Å². The second kappa shape index (κ2) is 5.65. The first-order valence-corrected chi connectivity index (χ1v) is 6.43. The molecule has 0 saturated heterocycles. The molecule has 1 saturated carbocycles. The average molecular weight is 269 g/mol.